The van der Waals surface area contributed by atoms with E-state index >= 15 is 0 Å². The molecular weight excluding hydrogens is 384 g/mol. The van der Waals surface area contributed by atoms with E-state index in [0.29, 0.717) is 27.6 Å². The van der Waals surface area contributed by atoms with E-state index in [-0.39, 0.29) is 17.3 Å². The molecule has 0 spiro atoms. The molecular formula is C23H22N2O3S. The first kappa shape index (κ1) is 20.8. The summed E-state index contributed by atoms with van der Waals surface area (Å²) < 4.78 is 5.53. The number of aliphatic imine (C=N–C) groups is 1. The van der Waals surface area contributed by atoms with Crippen LogP contribution < -0.4 is 0 Å². The van der Waals surface area contributed by atoms with Gasteiger partial charge in [-0.3, -0.25) is 9.59 Å². The van der Waals surface area contributed by atoms with Crippen molar-refractivity contribution in [2.75, 3.05) is 5.75 Å². The number of furan rings is 1. The first-order chi connectivity index (χ1) is 14.0. The number of nitrogens with zero attached hydrogens (tertiary/aromatic N) is 2. The molecule has 0 bridgehead atoms. The summed E-state index contributed by atoms with van der Waals surface area (Å²) in [5, 5.41) is 10.4. The summed E-state index contributed by atoms with van der Waals surface area (Å²) in [4.78, 5) is 29.4. The normalized spacial score (nSPS) is 18.9. The van der Waals surface area contributed by atoms with Crippen LogP contribution in [0.4, 0.5) is 0 Å². The van der Waals surface area contributed by atoms with Crippen molar-refractivity contribution in [2.45, 2.75) is 33.1 Å². The lowest BCUT2D eigenvalue weighted by Crippen LogP contribution is -2.28. The van der Waals surface area contributed by atoms with Crippen LogP contribution >= 0.6 is 11.8 Å². The van der Waals surface area contributed by atoms with E-state index < -0.39 is 11.8 Å². The number of Topliss-reactive ketones (excluding diaryl/α,β-unsaturated/α-hetero) is 2. The Kier molecular flexibility index (Phi) is 6.50. The van der Waals surface area contributed by atoms with E-state index in [9.17, 15) is 14.9 Å². The minimum absolute atomic E-state index is 0.0226. The molecule has 0 saturated heterocycles. The Morgan fingerprint density at radius 1 is 1.24 bits per heavy atom. The minimum Gasteiger partial charge on any atom is -0.469 e. The van der Waals surface area contributed by atoms with Gasteiger partial charge in [-0.05, 0) is 38.0 Å². The molecule has 1 unspecified atom stereocenters. The zero-order valence-corrected chi connectivity index (χ0v) is 17.5. The van der Waals surface area contributed by atoms with Crippen LogP contribution in [0.1, 0.15) is 48.4 Å². The number of benzene rings is 1. The van der Waals surface area contributed by atoms with Gasteiger partial charge in [-0.25, -0.2) is 4.99 Å². The molecule has 0 amide bonds. The highest BCUT2D eigenvalue weighted by Gasteiger charge is 2.39. The van der Waals surface area contributed by atoms with Gasteiger partial charge < -0.3 is 4.42 Å². The topological polar surface area (TPSA) is 83.4 Å². The molecule has 1 aromatic heterocycles. The number of rotatable bonds is 6. The fourth-order valence-electron chi connectivity index (χ4n) is 3.48. The van der Waals surface area contributed by atoms with Crippen LogP contribution in [0.15, 0.2) is 63.3 Å². The second-order valence-corrected chi connectivity index (χ2v) is 7.86. The summed E-state index contributed by atoms with van der Waals surface area (Å²) in [5.74, 6) is -0.628. The molecule has 6 heteroatoms. The molecule has 5 nitrogen and oxygen atoms in total. The number of ketones is 2. The van der Waals surface area contributed by atoms with Crippen LogP contribution in [0, 0.1) is 17.2 Å². The van der Waals surface area contributed by atoms with Gasteiger partial charge in [0.1, 0.15) is 11.7 Å². The highest BCUT2D eigenvalue weighted by atomic mass is 32.2. The molecule has 2 atom stereocenters. The third-order valence-corrected chi connectivity index (χ3v) is 6.03. The maximum Gasteiger partial charge on any atom is 0.173 e. The summed E-state index contributed by atoms with van der Waals surface area (Å²) in [6.45, 7) is 5.29. The SMILES string of the molecule is CCc1ccc(C(=O)CSC2=NC(C)=C(C(C)=O)[C@H](c3ccco3)C2C#N)cc1. The monoisotopic (exact) mass is 406 g/mol. The van der Waals surface area contributed by atoms with Gasteiger partial charge in [-0.1, -0.05) is 31.2 Å². The highest BCUT2D eigenvalue weighted by Crippen LogP contribution is 2.41. The minimum atomic E-state index is -0.677. The fourth-order valence-corrected chi connectivity index (χ4v) is 4.49. The third kappa shape index (κ3) is 4.41. The number of nitriles is 1. The lowest BCUT2D eigenvalue weighted by molar-refractivity contribution is -0.114. The van der Waals surface area contributed by atoms with Crippen molar-refractivity contribution in [3.05, 3.63) is 70.8 Å². The van der Waals surface area contributed by atoms with E-state index in [4.69, 9.17) is 4.42 Å². The largest absolute Gasteiger partial charge is 0.469 e. The molecule has 1 aromatic carbocycles. The van der Waals surface area contributed by atoms with Gasteiger partial charge in [0.15, 0.2) is 11.6 Å². The van der Waals surface area contributed by atoms with Crippen molar-refractivity contribution in [3.63, 3.8) is 0 Å². The summed E-state index contributed by atoms with van der Waals surface area (Å²) in [6.07, 6.45) is 2.45. The first-order valence-corrected chi connectivity index (χ1v) is 10.4. The average Bonchev–Trinajstić information content (AvgIpc) is 3.25. The predicted octanol–water partition coefficient (Wildman–Crippen LogP) is 4.96. The van der Waals surface area contributed by atoms with Gasteiger partial charge in [0, 0.05) is 16.8 Å². The van der Waals surface area contributed by atoms with Crippen molar-refractivity contribution < 1.29 is 14.0 Å². The van der Waals surface area contributed by atoms with Crippen LogP contribution in [0.3, 0.4) is 0 Å². The summed E-state index contributed by atoms with van der Waals surface area (Å²) in [7, 11) is 0. The van der Waals surface area contributed by atoms with Crippen molar-refractivity contribution in [1.82, 2.24) is 0 Å². The molecule has 1 aliphatic rings. The Bertz CT molecular complexity index is 1010. The lowest BCUT2D eigenvalue weighted by atomic mass is 9.80. The fraction of sp³-hybridized carbons (Fsp3) is 0.304. The zero-order chi connectivity index (χ0) is 21.0. The number of allylic oxidation sites excluding steroid dienone is 2. The van der Waals surface area contributed by atoms with Gasteiger partial charge in [0.2, 0.25) is 0 Å². The van der Waals surface area contributed by atoms with Gasteiger partial charge in [-0.2, -0.15) is 5.26 Å². The molecule has 29 heavy (non-hydrogen) atoms. The van der Waals surface area contributed by atoms with E-state index in [0.717, 1.165) is 6.42 Å². The van der Waals surface area contributed by atoms with Gasteiger partial charge in [0.25, 0.3) is 0 Å². The second kappa shape index (κ2) is 9.06. The highest BCUT2D eigenvalue weighted by molar-refractivity contribution is 8.14. The van der Waals surface area contributed by atoms with Crippen LogP contribution in [0.5, 0.6) is 0 Å². The predicted molar refractivity (Wildman–Crippen MR) is 114 cm³/mol. The average molecular weight is 407 g/mol. The van der Waals surface area contributed by atoms with E-state index in [1.165, 1.54) is 30.5 Å². The summed E-state index contributed by atoms with van der Waals surface area (Å²) in [6, 6.07) is 13.3. The maximum absolute atomic E-state index is 12.6. The number of carbonyl (C=O) groups excluding carboxylic acids is 2. The number of thioether (sulfide) groups is 1. The number of hydrogen-bond acceptors (Lipinski definition) is 6. The Labute approximate surface area is 174 Å². The number of carbonyl (C=O) groups is 2. The Morgan fingerprint density at radius 2 is 1.97 bits per heavy atom. The molecule has 3 rings (SSSR count). The van der Waals surface area contributed by atoms with Crippen LogP contribution in [0.2, 0.25) is 0 Å². The van der Waals surface area contributed by atoms with Crippen LogP contribution in [-0.2, 0) is 11.2 Å². The molecule has 0 radical (unpaired) electrons. The van der Waals surface area contributed by atoms with E-state index in [2.05, 4.69) is 18.0 Å². The zero-order valence-electron chi connectivity index (χ0n) is 16.6. The Morgan fingerprint density at radius 3 is 2.52 bits per heavy atom. The second-order valence-electron chi connectivity index (χ2n) is 6.87. The smallest absolute Gasteiger partial charge is 0.173 e. The van der Waals surface area contributed by atoms with Gasteiger partial charge in [-0.15, -0.1) is 11.8 Å². The molecule has 2 aromatic rings. The van der Waals surface area contributed by atoms with Gasteiger partial charge in [0.05, 0.1) is 29.0 Å². The molecule has 2 heterocycles. The van der Waals surface area contributed by atoms with Crippen LogP contribution in [0.25, 0.3) is 0 Å². The molecule has 148 valence electrons. The Hall–Kier alpha value is -2.91. The first-order valence-electron chi connectivity index (χ1n) is 9.44. The molecule has 0 fully saturated rings. The van der Waals surface area contributed by atoms with Crippen molar-refractivity contribution in [1.29, 1.82) is 5.26 Å². The van der Waals surface area contributed by atoms with Crippen molar-refractivity contribution in [3.8, 4) is 6.07 Å². The lowest BCUT2D eigenvalue weighted by Gasteiger charge is -2.27. The maximum atomic E-state index is 12.6. The van der Waals surface area contributed by atoms with Crippen molar-refractivity contribution >= 4 is 28.4 Å². The standard InChI is InChI=1S/C23H22N2O3S/c1-4-16-7-9-17(10-8-16)19(27)13-29-23-18(12-24)22(20-6-5-11-28-20)21(15(3)26)14(2)25-23/h5-11,18,22H,4,13H2,1-3H3/t18?,22-/m0/s1. The molecule has 1 aliphatic heterocycles. The third-order valence-electron chi connectivity index (χ3n) is 4.98. The van der Waals surface area contributed by atoms with E-state index in [1.807, 2.05) is 24.3 Å². The van der Waals surface area contributed by atoms with E-state index in [1.54, 1.807) is 19.1 Å². The summed E-state index contributed by atoms with van der Waals surface area (Å²) in [5.41, 5.74) is 2.86. The van der Waals surface area contributed by atoms with Crippen LogP contribution in [-0.4, -0.2) is 22.4 Å². The molecule has 0 N–H and O–H groups in total. The van der Waals surface area contributed by atoms with Crippen molar-refractivity contribution in [2.24, 2.45) is 10.9 Å². The molecule has 0 aliphatic carbocycles. The Balaban J connectivity index is 1.85. The number of hydrogen-bond donors (Lipinski definition) is 0. The quantitative estimate of drug-likeness (QED) is 0.633. The summed E-state index contributed by atoms with van der Waals surface area (Å²) >= 11 is 1.25. The molecule has 0 saturated carbocycles. The number of aryl methyl sites for hydroxylation is 1. The van der Waals surface area contributed by atoms with Gasteiger partial charge >= 0.3 is 0 Å².